The molecule has 2 N–H and O–H groups in total. The molecule has 0 spiro atoms. The standard InChI is InChI=1S/C22H17F5N4O/c1-11-22(13-2-5-15(23)6-3-13,14-4-7-17(19(26)27)28-10-14)31-20(30-11)12-8-16(18(24)25)21(32)29-9-12/h2-11,18-19H,1H3,(H,29,32)(H,30,31)/t11-,22?/m0/s1. The number of aromatic nitrogens is 2. The number of nitrogens with one attached hydrogen (secondary N) is 2. The average Bonchev–Trinajstić information content (AvgIpc) is 3.12. The molecule has 5 nitrogen and oxygen atoms in total. The van der Waals surface area contributed by atoms with Gasteiger partial charge in [0.2, 0.25) is 0 Å². The number of amidine groups is 1. The maximum atomic E-state index is 13.6. The molecular formula is C22H17F5N4O. The number of hydrogen-bond acceptors (Lipinski definition) is 4. The van der Waals surface area contributed by atoms with Crippen molar-refractivity contribution in [2.45, 2.75) is 31.4 Å². The van der Waals surface area contributed by atoms with Crippen molar-refractivity contribution in [3.8, 4) is 0 Å². The van der Waals surface area contributed by atoms with Gasteiger partial charge >= 0.3 is 0 Å². The molecule has 32 heavy (non-hydrogen) atoms. The molecule has 2 atom stereocenters. The van der Waals surface area contributed by atoms with Crippen molar-refractivity contribution >= 4 is 5.84 Å². The van der Waals surface area contributed by atoms with Gasteiger partial charge in [0.1, 0.15) is 22.9 Å². The molecule has 10 heteroatoms. The molecule has 3 heterocycles. The highest BCUT2D eigenvalue weighted by Gasteiger charge is 2.45. The predicted octanol–water partition coefficient (Wildman–Crippen LogP) is 4.47. The number of aromatic amines is 1. The van der Waals surface area contributed by atoms with Crippen molar-refractivity contribution in [3.05, 3.63) is 99.0 Å². The minimum Gasteiger partial charge on any atom is -0.354 e. The largest absolute Gasteiger partial charge is 0.354 e. The van der Waals surface area contributed by atoms with Crippen LogP contribution >= 0.6 is 0 Å². The first-order valence-electron chi connectivity index (χ1n) is 9.60. The fourth-order valence-electron chi connectivity index (χ4n) is 3.83. The zero-order valence-corrected chi connectivity index (χ0v) is 16.6. The van der Waals surface area contributed by atoms with Gasteiger partial charge < -0.3 is 10.3 Å². The van der Waals surface area contributed by atoms with E-state index in [2.05, 4.69) is 20.3 Å². The van der Waals surface area contributed by atoms with Crippen LogP contribution in [0.5, 0.6) is 0 Å². The smallest absolute Gasteiger partial charge is 0.280 e. The summed E-state index contributed by atoms with van der Waals surface area (Å²) < 4.78 is 66.0. The van der Waals surface area contributed by atoms with Crippen LogP contribution in [0.2, 0.25) is 0 Å². The number of nitrogens with zero attached hydrogens (tertiary/aromatic N) is 2. The molecule has 0 radical (unpaired) electrons. The Morgan fingerprint density at radius 1 is 1.00 bits per heavy atom. The highest BCUT2D eigenvalue weighted by molar-refractivity contribution is 6.01. The number of rotatable bonds is 5. The summed E-state index contributed by atoms with van der Waals surface area (Å²) in [6.45, 7) is 1.74. The van der Waals surface area contributed by atoms with E-state index in [1.165, 1.54) is 48.8 Å². The Balaban J connectivity index is 1.82. The second-order valence-corrected chi connectivity index (χ2v) is 7.34. The molecule has 1 aliphatic rings. The van der Waals surface area contributed by atoms with Gasteiger partial charge in [-0.05, 0) is 36.8 Å². The third-order valence-electron chi connectivity index (χ3n) is 5.47. The summed E-state index contributed by atoms with van der Waals surface area (Å²) in [4.78, 5) is 22.3. The molecule has 4 rings (SSSR count). The Bertz CT molecular complexity index is 1210. The third kappa shape index (κ3) is 3.65. The Hall–Kier alpha value is -3.56. The lowest BCUT2D eigenvalue weighted by Crippen LogP contribution is -2.48. The number of pyridine rings is 2. The minimum absolute atomic E-state index is 0.206. The van der Waals surface area contributed by atoms with Crippen LogP contribution in [0.1, 0.15) is 47.7 Å². The van der Waals surface area contributed by atoms with Gasteiger partial charge in [0.05, 0.1) is 11.6 Å². The lowest BCUT2D eigenvalue weighted by molar-refractivity contribution is 0.146. The van der Waals surface area contributed by atoms with E-state index in [4.69, 9.17) is 0 Å². The van der Waals surface area contributed by atoms with Crippen LogP contribution in [0.25, 0.3) is 0 Å². The van der Waals surface area contributed by atoms with Crippen molar-refractivity contribution < 1.29 is 22.0 Å². The number of halogens is 5. The third-order valence-corrected chi connectivity index (χ3v) is 5.47. The summed E-state index contributed by atoms with van der Waals surface area (Å²) >= 11 is 0. The van der Waals surface area contributed by atoms with Gasteiger partial charge in [-0.2, -0.15) is 0 Å². The fourth-order valence-corrected chi connectivity index (χ4v) is 3.83. The molecule has 1 aromatic carbocycles. The van der Waals surface area contributed by atoms with E-state index in [-0.39, 0.29) is 11.4 Å². The van der Waals surface area contributed by atoms with Gasteiger partial charge in [-0.15, -0.1) is 0 Å². The van der Waals surface area contributed by atoms with Crippen molar-refractivity contribution in [2.75, 3.05) is 0 Å². The molecule has 1 aliphatic heterocycles. The van der Waals surface area contributed by atoms with Crippen LogP contribution in [0.3, 0.4) is 0 Å². The normalized spacial score (nSPS) is 20.5. The van der Waals surface area contributed by atoms with Gasteiger partial charge in [0, 0.05) is 23.5 Å². The number of benzene rings is 1. The molecule has 0 bridgehead atoms. The first-order chi connectivity index (χ1) is 15.2. The topological polar surface area (TPSA) is 70.1 Å². The van der Waals surface area contributed by atoms with Crippen LogP contribution in [0.15, 0.2) is 64.6 Å². The second kappa shape index (κ2) is 8.18. The number of H-pyrrole nitrogens is 1. The lowest BCUT2D eigenvalue weighted by atomic mass is 9.79. The molecule has 1 unspecified atom stereocenters. The van der Waals surface area contributed by atoms with Gasteiger partial charge in [-0.1, -0.05) is 18.2 Å². The van der Waals surface area contributed by atoms with Gasteiger partial charge in [0.25, 0.3) is 18.4 Å². The molecule has 0 amide bonds. The molecular weight excluding hydrogens is 431 g/mol. The molecule has 0 aliphatic carbocycles. The van der Waals surface area contributed by atoms with Crippen LogP contribution in [0, 0.1) is 5.82 Å². The summed E-state index contributed by atoms with van der Waals surface area (Å²) in [5, 5.41) is 3.19. The molecule has 2 aromatic heterocycles. The Morgan fingerprint density at radius 3 is 2.28 bits per heavy atom. The maximum Gasteiger partial charge on any atom is 0.280 e. The SMILES string of the molecule is C[C@@H]1N=C(c2c[nH]c(=O)c(C(F)F)c2)NC1(c1ccc(F)cc1)c1ccc(C(F)F)nc1. The first-order valence-corrected chi connectivity index (χ1v) is 9.60. The van der Waals surface area contributed by atoms with Gasteiger partial charge in [-0.25, -0.2) is 22.0 Å². The maximum absolute atomic E-state index is 13.6. The zero-order chi connectivity index (χ0) is 23.0. The van der Waals surface area contributed by atoms with E-state index in [1.54, 1.807) is 6.92 Å². The number of aliphatic imine (C=N–C) groups is 1. The van der Waals surface area contributed by atoms with E-state index in [0.29, 0.717) is 11.1 Å². The number of hydrogen-bond donors (Lipinski definition) is 2. The van der Waals surface area contributed by atoms with Crippen molar-refractivity contribution in [1.82, 2.24) is 15.3 Å². The number of alkyl halides is 4. The molecule has 0 saturated heterocycles. The quantitative estimate of drug-likeness (QED) is 0.566. The predicted molar refractivity (Wildman–Crippen MR) is 108 cm³/mol. The summed E-state index contributed by atoms with van der Waals surface area (Å²) in [7, 11) is 0. The van der Waals surface area contributed by atoms with Crippen LogP contribution in [-0.4, -0.2) is 21.8 Å². The van der Waals surface area contributed by atoms with E-state index in [1.807, 2.05) is 0 Å². The monoisotopic (exact) mass is 448 g/mol. The Kier molecular flexibility index (Phi) is 5.53. The highest BCUT2D eigenvalue weighted by Crippen LogP contribution is 2.39. The van der Waals surface area contributed by atoms with Gasteiger partial charge in [0.15, 0.2) is 0 Å². The second-order valence-electron chi connectivity index (χ2n) is 7.34. The average molecular weight is 448 g/mol. The van der Waals surface area contributed by atoms with E-state index >= 15 is 0 Å². The van der Waals surface area contributed by atoms with E-state index < -0.39 is 47.1 Å². The van der Waals surface area contributed by atoms with Crippen molar-refractivity contribution in [1.29, 1.82) is 0 Å². The minimum atomic E-state index is -2.98. The van der Waals surface area contributed by atoms with E-state index in [9.17, 15) is 26.7 Å². The molecule has 166 valence electrons. The summed E-state index contributed by atoms with van der Waals surface area (Å²) in [6.07, 6.45) is -3.19. The van der Waals surface area contributed by atoms with Crippen molar-refractivity contribution in [3.63, 3.8) is 0 Å². The Morgan fingerprint density at radius 2 is 1.69 bits per heavy atom. The van der Waals surface area contributed by atoms with Crippen molar-refractivity contribution in [2.24, 2.45) is 4.99 Å². The van der Waals surface area contributed by atoms with Crippen LogP contribution < -0.4 is 10.9 Å². The summed E-state index contributed by atoms with van der Waals surface area (Å²) in [5.74, 6) is -0.262. The summed E-state index contributed by atoms with van der Waals surface area (Å²) in [6, 6.07) is 8.68. The molecule has 0 saturated carbocycles. The zero-order valence-electron chi connectivity index (χ0n) is 16.6. The molecule has 0 fully saturated rings. The first kappa shape index (κ1) is 21.7. The lowest BCUT2D eigenvalue weighted by Gasteiger charge is -2.35. The van der Waals surface area contributed by atoms with Gasteiger partial charge in [-0.3, -0.25) is 14.8 Å². The van der Waals surface area contributed by atoms with E-state index in [0.717, 1.165) is 6.07 Å². The molecule has 3 aromatic rings. The highest BCUT2D eigenvalue weighted by atomic mass is 19.3. The Labute approximate surface area is 179 Å². The summed E-state index contributed by atoms with van der Waals surface area (Å²) in [5.41, 5.74) is -1.91. The van der Waals surface area contributed by atoms with Crippen LogP contribution in [0.4, 0.5) is 22.0 Å². The fraction of sp³-hybridized carbons (Fsp3) is 0.227. The van der Waals surface area contributed by atoms with Crippen LogP contribution in [-0.2, 0) is 5.54 Å².